The van der Waals surface area contributed by atoms with Crippen LogP contribution in [0, 0.1) is 0 Å². The zero-order valence-electron chi connectivity index (χ0n) is 8.20. The molecular weight excluding hydrogens is 122 g/mol. The van der Waals surface area contributed by atoms with Gasteiger partial charge in [0.15, 0.2) is 0 Å². The summed E-state index contributed by atoms with van der Waals surface area (Å²) in [7, 11) is 0. The monoisotopic (exact) mass is 145 g/mol. The van der Waals surface area contributed by atoms with E-state index in [0.29, 0.717) is 0 Å². The number of allylic oxidation sites excluding steroid dienone is 2. The fourth-order valence-electron chi connectivity index (χ4n) is 0.658. The fourth-order valence-corrected chi connectivity index (χ4v) is 0.658. The molecule has 0 amide bonds. The van der Waals surface area contributed by atoms with Crippen LogP contribution in [0.15, 0.2) is 11.6 Å². The lowest BCUT2D eigenvalue weighted by atomic mass is 10.1. The van der Waals surface area contributed by atoms with Gasteiger partial charge in [-0.1, -0.05) is 39.3 Å². The predicted molar refractivity (Wildman–Crippen MR) is 50.7 cm³/mol. The smallest absolute Gasteiger partial charge is 0.0349 e. The van der Waals surface area contributed by atoms with Crippen LogP contribution in [-0.2, 0) is 0 Å². The fraction of sp³-hybridized carbons (Fsp3) is 0.778. The van der Waals surface area contributed by atoms with E-state index in [1.807, 2.05) is 13.8 Å². The summed E-state index contributed by atoms with van der Waals surface area (Å²) >= 11 is 0. The summed E-state index contributed by atoms with van der Waals surface area (Å²) in [5, 5.41) is 0. The number of hydrogen-bond donors (Lipinski definition) is 1. The van der Waals surface area contributed by atoms with Crippen molar-refractivity contribution < 1.29 is 0 Å². The van der Waals surface area contributed by atoms with Crippen molar-refractivity contribution in [3.05, 3.63) is 11.6 Å². The molecule has 0 radical (unpaired) electrons. The van der Waals surface area contributed by atoms with Gasteiger partial charge in [-0.05, 0) is 19.8 Å². The Hall–Kier alpha value is -0.300. The van der Waals surface area contributed by atoms with E-state index in [2.05, 4.69) is 26.8 Å². The molecule has 0 atom stereocenters. The molecule has 64 valence electrons. The Morgan fingerprint density at radius 3 is 1.40 bits per heavy atom. The van der Waals surface area contributed by atoms with E-state index in [9.17, 15) is 0 Å². The summed E-state index contributed by atoms with van der Waals surface area (Å²) in [5.74, 6) is 0. The van der Waals surface area contributed by atoms with Crippen LogP contribution in [0.3, 0.4) is 0 Å². The van der Waals surface area contributed by atoms with Gasteiger partial charge in [0.05, 0.1) is 0 Å². The van der Waals surface area contributed by atoms with Gasteiger partial charge in [-0.2, -0.15) is 0 Å². The molecule has 0 saturated carbocycles. The van der Waals surface area contributed by atoms with E-state index in [0.717, 1.165) is 0 Å². The van der Waals surface area contributed by atoms with E-state index in [-0.39, 0.29) is 6.15 Å². The van der Waals surface area contributed by atoms with Crippen molar-refractivity contribution in [2.75, 3.05) is 0 Å². The third-order valence-electron chi connectivity index (χ3n) is 1.32. The first-order valence-corrected chi connectivity index (χ1v) is 3.99. The van der Waals surface area contributed by atoms with Gasteiger partial charge in [-0.15, -0.1) is 0 Å². The Labute approximate surface area is 66.1 Å². The standard InChI is InChI=1S/C7H14.C2H6.H3N/c1-4-7(5-2)6-3;1-2;/h4H,5-6H2,1-3H3;1-2H3;1H3. The van der Waals surface area contributed by atoms with Crippen LogP contribution in [0.1, 0.15) is 47.5 Å². The van der Waals surface area contributed by atoms with E-state index in [4.69, 9.17) is 0 Å². The minimum atomic E-state index is 0. The second-order valence-electron chi connectivity index (χ2n) is 1.65. The van der Waals surface area contributed by atoms with Crippen LogP contribution in [-0.4, -0.2) is 0 Å². The van der Waals surface area contributed by atoms with Crippen molar-refractivity contribution in [3.63, 3.8) is 0 Å². The second-order valence-corrected chi connectivity index (χ2v) is 1.65. The topological polar surface area (TPSA) is 35.0 Å². The van der Waals surface area contributed by atoms with Gasteiger partial charge >= 0.3 is 0 Å². The molecule has 0 bridgehead atoms. The molecule has 0 heterocycles. The summed E-state index contributed by atoms with van der Waals surface area (Å²) < 4.78 is 0. The highest BCUT2D eigenvalue weighted by atomic mass is 14.0. The Morgan fingerprint density at radius 2 is 1.40 bits per heavy atom. The Morgan fingerprint density at radius 1 is 1.10 bits per heavy atom. The second kappa shape index (κ2) is 15.9. The van der Waals surface area contributed by atoms with Crippen LogP contribution in [0.25, 0.3) is 0 Å². The summed E-state index contributed by atoms with van der Waals surface area (Å²) in [4.78, 5) is 0. The van der Waals surface area contributed by atoms with Gasteiger partial charge in [-0.3, -0.25) is 0 Å². The highest BCUT2D eigenvalue weighted by Gasteiger charge is 1.82. The summed E-state index contributed by atoms with van der Waals surface area (Å²) in [6, 6.07) is 0. The highest BCUT2D eigenvalue weighted by Crippen LogP contribution is 2.02. The molecule has 0 fully saturated rings. The van der Waals surface area contributed by atoms with Gasteiger partial charge in [0, 0.05) is 0 Å². The molecule has 0 rings (SSSR count). The molecule has 0 aliphatic rings. The lowest BCUT2D eigenvalue weighted by Gasteiger charge is -1.93. The molecule has 1 nitrogen and oxygen atoms in total. The molecule has 0 aromatic heterocycles. The van der Waals surface area contributed by atoms with E-state index in [1.54, 1.807) is 5.57 Å². The number of hydrogen-bond acceptors (Lipinski definition) is 1. The molecule has 1 heteroatoms. The third kappa shape index (κ3) is 10.6. The minimum Gasteiger partial charge on any atom is -0.344 e. The first kappa shape index (κ1) is 16.4. The van der Waals surface area contributed by atoms with Crippen molar-refractivity contribution in [1.82, 2.24) is 6.15 Å². The molecule has 0 aliphatic heterocycles. The molecule has 0 unspecified atom stereocenters. The van der Waals surface area contributed by atoms with Gasteiger partial charge in [0.1, 0.15) is 0 Å². The zero-order chi connectivity index (χ0) is 7.70. The quantitative estimate of drug-likeness (QED) is 0.587. The minimum absolute atomic E-state index is 0. The van der Waals surface area contributed by atoms with E-state index >= 15 is 0 Å². The molecule has 0 aromatic carbocycles. The zero-order valence-corrected chi connectivity index (χ0v) is 8.20. The van der Waals surface area contributed by atoms with Crippen LogP contribution >= 0.6 is 0 Å². The summed E-state index contributed by atoms with van der Waals surface area (Å²) in [6.45, 7) is 10.5. The highest BCUT2D eigenvalue weighted by molar-refractivity contribution is 4.97. The third-order valence-corrected chi connectivity index (χ3v) is 1.32. The number of rotatable bonds is 2. The molecular formula is C9H23N. The van der Waals surface area contributed by atoms with Gasteiger partial charge in [0.25, 0.3) is 0 Å². The average Bonchev–Trinajstić information content (AvgIpc) is 1.96. The van der Waals surface area contributed by atoms with E-state index in [1.165, 1.54) is 12.8 Å². The predicted octanol–water partition coefficient (Wildman–Crippen LogP) is 3.94. The Balaban J connectivity index is -0.000000149. The van der Waals surface area contributed by atoms with Gasteiger partial charge < -0.3 is 6.15 Å². The maximum Gasteiger partial charge on any atom is -0.0349 e. The lowest BCUT2D eigenvalue weighted by molar-refractivity contribution is 0.972. The summed E-state index contributed by atoms with van der Waals surface area (Å²) in [6.07, 6.45) is 4.62. The molecule has 0 aromatic rings. The normalized spacial score (nSPS) is 6.50. The Bertz CT molecular complexity index is 59.1. The van der Waals surface area contributed by atoms with Crippen molar-refractivity contribution >= 4 is 0 Å². The van der Waals surface area contributed by atoms with Gasteiger partial charge in [0.2, 0.25) is 0 Å². The van der Waals surface area contributed by atoms with Crippen molar-refractivity contribution in [2.24, 2.45) is 0 Å². The Kier molecular flexibility index (Phi) is 26.0. The lowest BCUT2D eigenvalue weighted by Crippen LogP contribution is -1.72. The molecule has 0 spiro atoms. The molecule has 0 aliphatic carbocycles. The van der Waals surface area contributed by atoms with Crippen molar-refractivity contribution in [1.29, 1.82) is 0 Å². The first-order valence-electron chi connectivity index (χ1n) is 3.99. The van der Waals surface area contributed by atoms with Crippen LogP contribution < -0.4 is 6.15 Å². The summed E-state index contributed by atoms with van der Waals surface area (Å²) in [5.41, 5.74) is 1.56. The van der Waals surface area contributed by atoms with Crippen LogP contribution in [0.2, 0.25) is 0 Å². The molecule has 0 saturated heterocycles. The van der Waals surface area contributed by atoms with Crippen LogP contribution in [0.5, 0.6) is 0 Å². The largest absolute Gasteiger partial charge is 0.344 e. The van der Waals surface area contributed by atoms with Crippen LogP contribution in [0.4, 0.5) is 0 Å². The maximum absolute atomic E-state index is 2.19. The van der Waals surface area contributed by atoms with Crippen molar-refractivity contribution in [2.45, 2.75) is 47.5 Å². The SMILES string of the molecule is CC.CC=C(CC)CC.N. The molecule has 3 N–H and O–H groups in total. The molecule has 10 heavy (non-hydrogen) atoms. The van der Waals surface area contributed by atoms with Gasteiger partial charge in [-0.25, -0.2) is 0 Å². The maximum atomic E-state index is 2.19. The average molecular weight is 145 g/mol. The van der Waals surface area contributed by atoms with Crippen molar-refractivity contribution in [3.8, 4) is 0 Å². The first-order chi connectivity index (χ1) is 4.35. The van der Waals surface area contributed by atoms with E-state index < -0.39 is 0 Å².